The summed E-state index contributed by atoms with van der Waals surface area (Å²) in [5.41, 5.74) is 8.01. The maximum Gasteiger partial charge on any atom is 0.221 e. The monoisotopic (exact) mass is 369 g/mol. The Morgan fingerprint density at radius 3 is 2.19 bits per heavy atom. The van der Waals surface area contributed by atoms with E-state index in [-0.39, 0.29) is 5.91 Å². The minimum atomic E-state index is -1.84. The smallest absolute Gasteiger partial charge is 0.221 e. The number of rotatable bonds is 4. The summed E-state index contributed by atoms with van der Waals surface area (Å²) in [5.74, 6) is 4.16. The zero-order chi connectivity index (χ0) is 19.5. The molecule has 1 heterocycles. The maximum absolute atomic E-state index is 11.8. The van der Waals surface area contributed by atoms with Crippen LogP contribution >= 0.6 is 0 Å². The second kappa shape index (κ2) is 8.14. The van der Waals surface area contributed by atoms with Crippen molar-refractivity contribution < 1.29 is 9.53 Å². The molecule has 0 saturated heterocycles. The molecule has 0 atom stereocenters. The molecule has 1 N–H and O–H groups in total. The van der Waals surface area contributed by atoms with E-state index in [4.69, 9.17) is 4.74 Å². The van der Waals surface area contributed by atoms with Crippen LogP contribution in [0.3, 0.4) is 0 Å². The van der Waals surface area contributed by atoms with Crippen molar-refractivity contribution in [2.75, 3.05) is 6.61 Å². The molecule has 0 fully saturated rings. The summed E-state index contributed by atoms with van der Waals surface area (Å²) in [6, 6.07) is 7.79. The van der Waals surface area contributed by atoms with Gasteiger partial charge < -0.3 is 10.1 Å². The fourth-order valence-corrected chi connectivity index (χ4v) is 9.45. The van der Waals surface area contributed by atoms with Gasteiger partial charge in [-0.05, 0) is 28.8 Å². The molecule has 140 valence electrons. The molecule has 26 heavy (non-hydrogen) atoms. The fraction of sp³-hybridized carbons (Fsp3) is 0.500. The quantitative estimate of drug-likeness (QED) is 0.589. The fourth-order valence-electron chi connectivity index (χ4n) is 4.22. The highest BCUT2D eigenvalue weighted by Crippen LogP contribution is 2.41. The lowest BCUT2D eigenvalue weighted by Gasteiger charge is -2.38. The molecule has 1 amide bonds. The Kier molecular flexibility index (Phi) is 6.36. The molecule has 0 unspecified atom stereocenters. The van der Waals surface area contributed by atoms with Crippen LogP contribution in [0.5, 0.6) is 5.75 Å². The number of nitrogens with one attached hydrogen (secondary N) is 1. The molecule has 1 aromatic carbocycles. The molecule has 4 heteroatoms. The summed E-state index contributed by atoms with van der Waals surface area (Å²) in [7, 11) is -1.84. The van der Waals surface area contributed by atoms with Gasteiger partial charge in [0.05, 0.1) is 11.3 Å². The second-order valence-electron chi connectivity index (χ2n) is 7.97. The van der Waals surface area contributed by atoms with Crippen molar-refractivity contribution in [3.05, 3.63) is 35.4 Å². The minimum absolute atomic E-state index is 0.0870. The number of ether oxygens (including phenoxy) is 1. The van der Waals surface area contributed by atoms with Gasteiger partial charge in [0.2, 0.25) is 5.91 Å². The second-order valence-corrected chi connectivity index (χ2v) is 13.5. The number of fused-ring (bicyclic) bond motifs is 1. The molecule has 0 spiro atoms. The van der Waals surface area contributed by atoms with Crippen LogP contribution < -0.4 is 10.1 Å². The van der Waals surface area contributed by atoms with E-state index in [1.807, 2.05) is 24.3 Å². The summed E-state index contributed by atoms with van der Waals surface area (Å²) < 4.78 is 5.90. The molecule has 0 aliphatic carbocycles. The predicted octanol–water partition coefficient (Wildman–Crippen LogP) is 5.15. The summed E-state index contributed by atoms with van der Waals surface area (Å²) in [5, 5.41) is 2.99. The van der Waals surface area contributed by atoms with E-state index in [0.717, 1.165) is 22.6 Å². The Morgan fingerprint density at radius 2 is 1.65 bits per heavy atom. The first-order valence-electron chi connectivity index (χ1n) is 9.46. The van der Waals surface area contributed by atoms with Crippen LogP contribution in [0, 0.1) is 11.5 Å². The normalized spacial score (nSPS) is 14.1. The topological polar surface area (TPSA) is 38.3 Å². The lowest BCUT2D eigenvalue weighted by atomic mass is 10.0. The number of amides is 1. The van der Waals surface area contributed by atoms with Crippen LogP contribution in [0.4, 0.5) is 0 Å². The first kappa shape index (κ1) is 20.3. The average Bonchev–Trinajstić information content (AvgIpc) is 2.55. The molecule has 0 saturated carbocycles. The van der Waals surface area contributed by atoms with Crippen molar-refractivity contribution in [2.45, 2.75) is 65.1 Å². The Labute approximate surface area is 159 Å². The number of benzene rings is 1. The third-order valence-electron chi connectivity index (χ3n) is 5.43. The van der Waals surface area contributed by atoms with Crippen LogP contribution in [0.25, 0.3) is 5.70 Å². The standard InChI is InChI=1S/C22H31NO2Si/c1-15(2)26(16(3)4,17(5)6)13-12-19-14-25-21-11-9-8-10-20(21)22(19)23-18(7)24/h8-11,15-17H,14H2,1-7H3,(H,23,24). The van der Waals surface area contributed by atoms with Crippen molar-refractivity contribution in [3.8, 4) is 17.2 Å². The van der Waals surface area contributed by atoms with Gasteiger partial charge in [0, 0.05) is 12.5 Å². The van der Waals surface area contributed by atoms with Crippen molar-refractivity contribution in [3.63, 3.8) is 0 Å². The Morgan fingerprint density at radius 1 is 1.08 bits per heavy atom. The van der Waals surface area contributed by atoms with E-state index in [1.54, 1.807) is 0 Å². The van der Waals surface area contributed by atoms with Crippen molar-refractivity contribution in [2.24, 2.45) is 0 Å². The highest BCUT2D eigenvalue weighted by molar-refractivity contribution is 6.90. The highest BCUT2D eigenvalue weighted by Gasteiger charge is 2.41. The van der Waals surface area contributed by atoms with E-state index in [2.05, 4.69) is 58.3 Å². The van der Waals surface area contributed by atoms with Crippen LogP contribution in [-0.2, 0) is 4.79 Å². The number of carbonyl (C=O) groups is 1. The minimum Gasteiger partial charge on any atom is -0.487 e. The number of carbonyl (C=O) groups excluding carboxylic acids is 1. The first-order chi connectivity index (χ1) is 12.2. The van der Waals surface area contributed by atoms with Crippen LogP contribution in [-0.4, -0.2) is 20.6 Å². The van der Waals surface area contributed by atoms with Gasteiger partial charge in [-0.2, -0.15) is 0 Å². The lowest BCUT2D eigenvalue weighted by Crippen LogP contribution is -2.43. The zero-order valence-electron chi connectivity index (χ0n) is 17.1. The van der Waals surface area contributed by atoms with Gasteiger partial charge in [-0.25, -0.2) is 0 Å². The van der Waals surface area contributed by atoms with Crippen molar-refractivity contribution in [1.82, 2.24) is 5.32 Å². The average molecular weight is 370 g/mol. The van der Waals surface area contributed by atoms with Gasteiger partial charge in [0.15, 0.2) is 0 Å². The van der Waals surface area contributed by atoms with Gasteiger partial charge in [0.25, 0.3) is 0 Å². The summed E-state index contributed by atoms with van der Waals surface area (Å²) in [4.78, 5) is 11.8. The number of hydrogen-bond acceptors (Lipinski definition) is 2. The summed E-state index contributed by atoms with van der Waals surface area (Å²) in [6.45, 7) is 15.7. The molecule has 2 rings (SSSR count). The third kappa shape index (κ3) is 3.88. The third-order valence-corrected chi connectivity index (χ3v) is 11.7. The van der Waals surface area contributed by atoms with Gasteiger partial charge in [-0.3, -0.25) is 4.79 Å². The van der Waals surface area contributed by atoms with E-state index in [0.29, 0.717) is 23.2 Å². The maximum atomic E-state index is 11.8. The SMILES string of the molecule is CC(=O)NC1=C(C#C[Si](C(C)C)(C(C)C)C(C)C)COc2ccccc21. The summed E-state index contributed by atoms with van der Waals surface area (Å²) >= 11 is 0. The largest absolute Gasteiger partial charge is 0.487 e. The molecule has 3 nitrogen and oxygen atoms in total. The van der Waals surface area contributed by atoms with Crippen molar-refractivity contribution in [1.29, 1.82) is 0 Å². The van der Waals surface area contributed by atoms with Crippen LogP contribution in [0.1, 0.15) is 54.0 Å². The first-order valence-corrected chi connectivity index (χ1v) is 11.7. The highest BCUT2D eigenvalue weighted by atomic mass is 28.3. The lowest BCUT2D eigenvalue weighted by molar-refractivity contribution is -0.117. The van der Waals surface area contributed by atoms with Crippen molar-refractivity contribution >= 4 is 19.7 Å². The van der Waals surface area contributed by atoms with Crippen LogP contribution in [0.15, 0.2) is 29.8 Å². The molecule has 1 aliphatic heterocycles. The van der Waals surface area contributed by atoms with Gasteiger partial charge in [-0.15, -0.1) is 5.54 Å². The summed E-state index contributed by atoms with van der Waals surface area (Å²) in [6.07, 6.45) is 0. The van der Waals surface area contributed by atoms with Gasteiger partial charge in [-0.1, -0.05) is 59.6 Å². The Balaban J connectivity index is 2.60. The molecule has 1 aliphatic rings. The van der Waals surface area contributed by atoms with E-state index in [1.165, 1.54) is 6.92 Å². The van der Waals surface area contributed by atoms with E-state index < -0.39 is 8.07 Å². The van der Waals surface area contributed by atoms with E-state index >= 15 is 0 Å². The molecular formula is C22H31NO2Si. The van der Waals surface area contributed by atoms with Crippen LogP contribution in [0.2, 0.25) is 16.6 Å². The molecule has 0 radical (unpaired) electrons. The number of hydrogen-bond donors (Lipinski definition) is 1. The van der Waals surface area contributed by atoms with E-state index in [9.17, 15) is 4.79 Å². The Bertz CT molecular complexity index is 744. The molecular weight excluding hydrogens is 338 g/mol. The molecule has 0 bridgehead atoms. The van der Waals surface area contributed by atoms with Gasteiger partial charge >= 0.3 is 0 Å². The predicted molar refractivity (Wildman–Crippen MR) is 111 cm³/mol. The number of para-hydroxylation sites is 1. The molecule has 1 aromatic rings. The zero-order valence-corrected chi connectivity index (χ0v) is 18.1. The molecule has 0 aromatic heterocycles. The van der Waals surface area contributed by atoms with Gasteiger partial charge in [0.1, 0.15) is 20.4 Å². The Hall–Kier alpha value is -1.99.